The molecule has 0 saturated carbocycles. The van der Waals surface area contributed by atoms with Crippen molar-refractivity contribution in [1.29, 1.82) is 0 Å². The van der Waals surface area contributed by atoms with Crippen LogP contribution in [-0.4, -0.2) is 26.3 Å². The van der Waals surface area contributed by atoms with Crippen molar-refractivity contribution < 1.29 is 9.53 Å². The Kier molecular flexibility index (Phi) is 6.16. The average Bonchev–Trinajstić information content (AvgIpc) is 3.19. The quantitative estimate of drug-likeness (QED) is 0.406. The van der Waals surface area contributed by atoms with Crippen LogP contribution in [0.2, 0.25) is 5.02 Å². The molecule has 6 nitrogen and oxygen atoms in total. The molecule has 1 aliphatic carbocycles. The molecule has 5 rings (SSSR count). The summed E-state index contributed by atoms with van der Waals surface area (Å²) in [5.74, 6) is 2.45. The summed E-state index contributed by atoms with van der Waals surface area (Å²) in [7, 11) is 0. The van der Waals surface area contributed by atoms with Crippen molar-refractivity contribution in [2.24, 2.45) is 5.41 Å². The lowest BCUT2D eigenvalue weighted by Crippen LogP contribution is -2.36. The van der Waals surface area contributed by atoms with Crippen molar-refractivity contribution in [3.05, 3.63) is 76.0 Å². The number of aromatic nitrogens is 3. The lowest BCUT2D eigenvalue weighted by molar-refractivity contribution is -0.118. The van der Waals surface area contributed by atoms with Crippen molar-refractivity contribution in [2.75, 3.05) is 11.1 Å². The number of carbonyl (C=O) groups excluding carboxylic acids is 1. The molecular formula is C26H27ClN4O2S. The normalized spacial score (nSPS) is 18.8. The van der Waals surface area contributed by atoms with Crippen LogP contribution in [0.1, 0.15) is 50.8 Å². The zero-order valence-electron chi connectivity index (χ0n) is 19.5. The number of hydrogen-bond donors (Lipinski definition) is 1. The van der Waals surface area contributed by atoms with Gasteiger partial charge in [-0.05, 0) is 53.0 Å². The number of fused-ring (bicyclic) bond motifs is 1. The summed E-state index contributed by atoms with van der Waals surface area (Å²) in [6.45, 7) is 6.77. The van der Waals surface area contributed by atoms with Crippen molar-refractivity contribution in [3.63, 3.8) is 0 Å². The number of hydrogen-bond acceptors (Lipinski definition) is 6. The third-order valence-corrected chi connectivity index (χ3v) is 7.05. The Hall–Kier alpha value is -2.77. The highest BCUT2D eigenvalue weighted by molar-refractivity contribution is 7.99. The predicted octanol–water partition coefficient (Wildman–Crippen LogP) is 6.28. The van der Waals surface area contributed by atoms with Gasteiger partial charge in [-0.1, -0.05) is 68.4 Å². The highest BCUT2D eigenvalue weighted by atomic mass is 35.5. The molecule has 0 saturated heterocycles. The van der Waals surface area contributed by atoms with Gasteiger partial charge in [-0.15, -0.1) is 5.10 Å². The standard InChI is InChI=1S/C26H27ClN4O2S/c1-4-34-25-29-24-28-20-13-26(2,3)14-21(32)22(20)23(31(24)30-25)17-6-5-7-19(12-17)33-15-16-8-10-18(27)11-9-16/h5-12,23H,4,13-15H2,1-3H3,(H,28,29,30). The molecule has 1 atom stereocenters. The zero-order chi connectivity index (χ0) is 23.9. The van der Waals surface area contributed by atoms with Crippen molar-refractivity contribution in [2.45, 2.75) is 51.4 Å². The van der Waals surface area contributed by atoms with Gasteiger partial charge in [0.05, 0.1) is 0 Å². The number of nitrogens with one attached hydrogen (secondary N) is 1. The second kappa shape index (κ2) is 9.12. The SMILES string of the molecule is CCSc1nc2n(n1)C(c1cccc(OCc3ccc(Cl)cc3)c1)C1=C(CC(C)(C)CC1=O)N2. The number of benzene rings is 2. The van der Waals surface area contributed by atoms with E-state index in [-0.39, 0.29) is 17.2 Å². The number of anilines is 1. The number of rotatable bonds is 6. The first-order chi connectivity index (χ1) is 16.3. The van der Waals surface area contributed by atoms with Gasteiger partial charge in [-0.3, -0.25) is 4.79 Å². The van der Waals surface area contributed by atoms with E-state index in [9.17, 15) is 4.79 Å². The molecule has 0 radical (unpaired) electrons. The van der Waals surface area contributed by atoms with Crippen LogP contribution in [0.3, 0.4) is 0 Å². The lowest BCUT2D eigenvalue weighted by Gasteiger charge is -2.38. The summed E-state index contributed by atoms with van der Waals surface area (Å²) in [4.78, 5) is 18.1. The van der Waals surface area contributed by atoms with Gasteiger partial charge >= 0.3 is 0 Å². The third kappa shape index (κ3) is 4.59. The summed E-state index contributed by atoms with van der Waals surface area (Å²) in [6, 6.07) is 15.2. The molecule has 2 aromatic carbocycles. The van der Waals surface area contributed by atoms with Gasteiger partial charge in [0.1, 0.15) is 18.4 Å². The minimum absolute atomic E-state index is 0.0970. The molecule has 34 heavy (non-hydrogen) atoms. The van der Waals surface area contributed by atoms with Crippen LogP contribution in [0.25, 0.3) is 0 Å². The van der Waals surface area contributed by atoms with Gasteiger partial charge in [-0.25, -0.2) is 4.68 Å². The fourth-order valence-corrected chi connectivity index (χ4v) is 5.29. The predicted molar refractivity (Wildman–Crippen MR) is 135 cm³/mol. The summed E-state index contributed by atoms with van der Waals surface area (Å²) in [5, 5.41) is 9.58. The second-order valence-electron chi connectivity index (χ2n) is 9.44. The van der Waals surface area contributed by atoms with Crippen LogP contribution in [-0.2, 0) is 11.4 Å². The monoisotopic (exact) mass is 494 g/mol. The van der Waals surface area contributed by atoms with E-state index < -0.39 is 0 Å². The maximum absolute atomic E-state index is 13.4. The number of ketones is 1. The van der Waals surface area contributed by atoms with Crippen LogP contribution in [0.15, 0.2) is 65.0 Å². The average molecular weight is 495 g/mol. The Bertz CT molecular complexity index is 1270. The van der Waals surface area contributed by atoms with E-state index in [0.717, 1.165) is 40.3 Å². The first kappa shape index (κ1) is 23.0. The number of carbonyl (C=O) groups is 1. The van der Waals surface area contributed by atoms with E-state index in [1.807, 2.05) is 53.2 Å². The zero-order valence-corrected chi connectivity index (χ0v) is 21.0. The molecule has 176 valence electrons. The molecule has 1 N–H and O–H groups in total. The van der Waals surface area contributed by atoms with E-state index >= 15 is 0 Å². The Morgan fingerprint density at radius 3 is 2.76 bits per heavy atom. The first-order valence-corrected chi connectivity index (χ1v) is 12.8. The lowest BCUT2D eigenvalue weighted by atomic mass is 9.73. The number of ether oxygens (including phenoxy) is 1. The molecule has 0 fully saturated rings. The largest absolute Gasteiger partial charge is 0.489 e. The summed E-state index contributed by atoms with van der Waals surface area (Å²) < 4.78 is 7.93. The molecular weight excluding hydrogens is 468 g/mol. The van der Waals surface area contributed by atoms with Gasteiger partial charge in [0.15, 0.2) is 5.78 Å². The van der Waals surface area contributed by atoms with Gasteiger partial charge in [0, 0.05) is 22.7 Å². The number of Topliss-reactive ketones (excluding diaryl/α,β-unsaturated/α-hetero) is 1. The molecule has 8 heteroatoms. The van der Waals surface area contributed by atoms with E-state index in [2.05, 4.69) is 26.1 Å². The van der Waals surface area contributed by atoms with Crippen molar-refractivity contribution in [1.82, 2.24) is 14.8 Å². The topological polar surface area (TPSA) is 69.0 Å². The molecule has 2 heterocycles. The highest BCUT2D eigenvalue weighted by Crippen LogP contribution is 2.46. The molecule has 2 aliphatic rings. The van der Waals surface area contributed by atoms with Crippen LogP contribution >= 0.6 is 23.4 Å². The Balaban J connectivity index is 1.51. The fourth-order valence-electron chi connectivity index (χ4n) is 4.61. The van der Waals surface area contributed by atoms with Crippen molar-refractivity contribution in [3.8, 4) is 5.75 Å². The molecule has 0 spiro atoms. The number of halogens is 1. The minimum atomic E-state index is -0.340. The van der Waals surface area contributed by atoms with Gasteiger partial charge in [0.25, 0.3) is 0 Å². The molecule has 3 aromatic rings. The summed E-state index contributed by atoms with van der Waals surface area (Å²) in [6.07, 6.45) is 1.30. The number of allylic oxidation sites excluding steroid dienone is 2. The van der Waals surface area contributed by atoms with Gasteiger partial charge in [0.2, 0.25) is 11.1 Å². The second-order valence-corrected chi connectivity index (χ2v) is 11.1. The van der Waals surface area contributed by atoms with Crippen LogP contribution < -0.4 is 10.1 Å². The highest BCUT2D eigenvalue weighted by Gasteiger charge is 2.42. The van der Waals surface area contributed by atoms with Crippen LogP contribution in [0, 0.1) is 5.41 Å². The molecule has 0 amide bonds. The van der Waals surface area contributed by atoms with E-state index in [1.165, 1.54) is 0 Å². The molecule has 1 aromatic heterocycles. The number of thioether (sulfide) groups is 1. The number of nitrogens with zero attached hydrogens (tertiary/aromatic N) is 3. The minimum Gasteiger partial charge on any atom is -0.489 e. The van der Waals surface area contributed by atoms with Crippen LogP contribution in [0.5, 0.6) is 5.75 Å². The summed E-state index contributed by atoms with van der Waals surface area (Å²) >= 11 is 7.58. The molecule has 0 bridgehead atoms. The maximum Gasteiger partial charge on any atom is 0.227 e. The smallest absolute Gasteiger partial charge is 0.227 e. The summed E-state index contributed by atoms with van der Waals surface area (Å²) in [5.41, 5.74) is 3.62. The van der Waals surface area contributed by atoms with Gasteiger partial charge < -0.3 is 10.1 Å². The first-order valence-electron chi connectivity index (χ1n) is 11.4. The molecule has 1 unspecified atom stereocenters. The Morgan fingerprint density at radius 1 is 1.21 bits per heavy atom. The van der Waals surface area contributed by atoms with E-state index in [0.29, 0.717) is 29.2 Å². The molecule has 1 aliphatic heterocycles. The Labute approximate surface area is 208 Å². The van der Waals surface area contributed by atoms with E-state index in [4.69, 9.17) is 26.4 Å². The maximum atomic E-state index is 13.4. The van der Waals surface area contributed by atoms with Crippen LogP contribution in [0.4, 0.5) is 5.95 Å². The van der Waals surface area contributed by atoms with Crippen molar-refractivity contribution >= 4 is 35.1 Å². The third-order valence-electron chi connectivity index (χ3n) is 6.08. The van der Waals surface area contributed by atoms with Gasteiger partial charge in [-0.2, -0.15) is 4.98 Å². The van der Waals surface area contributed by atoms with E-state index in [1.54, 1.807) is 11.8 Å². The fraction of sp³-hybridized carbons (Fsp3) is 0.346. The Morgan fingerprint density at radius 2 is 2.00 bits per heavy atom.